The van der Waals surface area contributed by atoms with E-state index in [1.165, 1.54) is 0 Å². The van der Waals surface area contributed by atoms with E-state index in [-0.39, 0.29) is 0 Å². The molecule has 13 heavy (non-hydrogen) atoms. The zero-order valence-electron chi connectivity index (χ0n) is 8.24. The molecule has 70 valence electrons. The SMILES string of the molecule is C=C.CCCC#N.c1ccccc1. The zero-order valence-corrected chi connectivity index (χ0v) is 8.24. The Labute approximate surface area is 81.3 Å². The standard InChI is InChI=1S/C6H6.C4H7N.C2H4/c1-2-4-6-5-3-1;1-2-3-4-5;1-2/h1-6H;2-3H2,1H3;1-2H2. The lowest BCUT2D eigenvalue weighted by Gasteiger charge is -1.69. The maximum absolute atomic E-state index is 7.82. The van der Waals surface area contributed by atoms with Crippen molar-refractivity contribution in [2.45, 2.75) is 19.8 Å². The summed E-state index contributed by atoms with van der Waals surface area (Å²) in [6.07, 6.45) is 1.68. The second-order valence-electron chi connectivity index (χ2n) is 2.06. The molecule has 0 aromatic heterocycles. The van der Waals surface area contributed by atoms with Crippen molar-refractivity contribution in [3.05, 3.63) is 49.6 Å². The quantitative estimate of drug-likeness (QED) is 0.595. The van der Waals surface area contributed by atoms with Gasteiger partial charge in [0.05, 0.1) is 6.07 Å². The number of hydrogen-bond donors (Lipinski definition) is 0. The van der Waals surface area contributed by atoms with Gasteiger partial charge in [0, 0.05) is 6.42 Å². The molecule has 0 amide bonds. The molecule has 0 heterocycles. The van der Waals surface area contributed by atoms with Gasteiger partial charge in [0.15, 0.2) is 0 Å². The van der Waals surface area contributed by atoms with Crippen LogP contribution in [0, 0.1) is 11.3 Å². The average molecular weight is 175 g/mol. The van der Waals surface area contributed by atoms with Crippen molar-refractivity contribution in [2.24, 2.45) is 0 Å². The molecule has 0 saturated carbocycles. The van der Waals surface area contributed by atoms with E-state index in [0.717, 1.165) is 6.42 Å². The number of hydrogen-bond acceptors (Lipinski definition) is 1. The normalized spacial score (nSPS) is 6.46. The van der Waals surface area contributed by atoms with E-state index in [9.17, 15) is 0 Å². The van der Waals surface area contributed by atoms with Crippen molar-refractivity contribution in [2.75, 3.05) is 0 Å². The first-order chi connectivity index (χ1) is 6.41. The number of rotatable bonds is 1. The fourth-order valence-electron chi connectivity index (χ4n) is 0.497. The molecule has 1 aromatic rings. The van der Waals surface area contributed by atoms with Gasteiger partial charge in [-0.2, -0.15) is 5.26 Å². The Hall–Kier alpha value is -1.55. The lowest BCUT2D eigenvalue weighted by Crippen LogP contribution is -1.53. The van der Waals surface area contributed by atoms with Crippen molar-refractivity contribution < 1.29 is 0 Å². The van der Waals surface area contributed by atoms with E-state index in [1.54, 1.807) is 0 Å². The van der Waals surface area contributed by atoms with Gasteiger partial charge in [-0.1, -0.05) is 43.3 Å². The van der Waals surface area contributed by atoms with E-state index >= 15 is 0 Å². The van der Waals surface area contributed by atoms with Crippen molar-refractivity contribution in [3.8, 4) is 6.07 Å². The first-order valence-corrected chi connectivity index (χ1v) is 4.28. The summed E-state index contributed by atoms with van der Waals surface area (Å²) in [5, 5.41) is 7.82. The fourth-order valence-corrected chi connectivity index (χ4v) is 0.497. The molecule has 0 unspecified atom stereocenters. The summed E-state index contributed by atoms with van der Waals surface area (Å²) in [5.74, 6) is 0. The Morgan fingerprint density at radius 2 is 1.31 bits per heavy atom. The lowest BCUT2D eigenvalue weighted by atomic mass is 10.4. The number of nitriles is 1. The minimum atomic E-state index is 0.694. The molecule has 0 aliphatic rings. The van der Waals surface area contributed by atoms with Crippen molar-refractivity contribution in [1.29, 1.82) is 5.26 Å². The highest BCUT2D eigenvalue weighted by molar-refractivity contribution is 4.99. The van der Waals surface area contributed by atoms with Crippen LogP contribution in [-0.4, -0.2) is 0 Å². The van der Waals surface area contributed by atoms with Crippen LogP contribution in [-0.2, 0) is 0 Å². The Balaban J connectivity index is 0. The molecule has 0 spiro atoms. The van der Waals surface area contributed by atoms with Crippen LogP contribution in [0.4, 0.5) is 0 Å². The van der Waals surface area contributed by atoms with Crippen LogP contribution in [0.2, 0.25) is 0 Å². The summed E-state index contributed by atoms with van der Waals surface area (Å²) >= 11 is 0. The molecule has 1 aromatic carbocycles. The van der Waals surface area contributed by atoms with Gasteiger partial charge >= 0.3 is 0 Å². The highest BCUT2D eigenvalue weighted by Crippen LogP contribution is 1.80. The zero-order chi connectivity index (χ0) is 10.4. The molecule has 1 nitrogen and oxygen atoms in total. The van der Waals surface area contributed by atoms with Crippen LogP contribution in [0.15, 0.2) is 49.6 Å². The maximum Gasteiger partial charge on any atom is 0.0621 e. The first-order valence-electron chi connectivity index (χ1n) is 4.28. The lowest BCUT2D eigenvalue weighted by molar-refractivity contribution is 0.969. The largest absolute Gasteiger partial charge is 0.198 e. The van der Waals surface area contributed by atoms with Gasteiger partial charge in [-0.05, 0) is 6.42 Å². The molecule has 0 saturated heterocycles. The van der Waals surface area contributed by atoms with Gasteiger partial charge in [-0.25, -0.2) is 0 Å². The van der Waals surface area contributed by atoms with Gasteiger partial charge < -0.3 is 0 Å². The molecular formula is C12H17N. The molecule has 0 aliphatic carbocycles. The van der Waals surface area contributed by atoms with Crippen LogP contribution in [0.5, 0.6) is 0 Å². The smallest absolute Gasteiger partial charge is 0.0621 e. The number of unbranched alkanes of at least 4 members (excludes halogenated alkanes) is 1. The predicted molar refractivity (Wildman–Crippen MR) is 58.2 cm³/mol. The Morgan fingerprint density at radius 1 is 1.00 bits per heavy atom. The van der Waals surface area contributed by atoms with E-state index in [4.69, 9.17) is 5.26 Å². The maximum atomic E-state index is 7.82. The Bertz CT molecular complexity index is 171. The van der Waals surface area contributed by atoms with Crippen LogP contribution >= 0.6 is 0 Å². The van der Waals surface area contributed by atoms with Crippen LogP contribution in [0.25, 0.3) is 0 Å². The summed E-state index contributed by atoms with van der Waals surface area (Å²) < 4.78 is 0. The van der Waals surface area contributed by atoms with E-state index in [0.29, 0.717) is 6.42 Å². The third kappa shape index (κ3) is 17.9. The van der Waals surface area contributed by atoms with Gasteiger partial charge in [0.2, 0.25) is 0 Å². The van der Waals surface area contributed by atoms with Crippen LogP contribution in [0.3, 0.4) is 0 Å². The minimum Gasteiger partial charge on any atom is -0.198 e. The number of benzene rings is 1. The fraction of sp³-hybridized carbons (Fsp3) is 0.250. The van der Waals surface area contributed by atoms with Gasteiger partial charge in [0.1, 0.15) is 0 Å². The summed E-state index contributed by atoms with van der Waals surface area (Å²) in [7, 11) is 0. The molecule has 1 rings (SSSR count). The monoisotopic (exact) mass is 175 g/mol. The van der Waals surface area contributed by atoms with E-state index < -0.39 is 0 Å². The second-order valence-corrected chi connectivity index (χ2v) is 2.06. The summed E-state index contributed by atoms with van der Waals surface area (Å²) in [4.78, 5) is 0. The molecular weight excluding hydrogens is 158 g/mol. The predicted octanol–water partition coefficient (Wildman–Crippen LogP) is 3.80. The van der Waals surface area contributed by atoms with Crippen molar-refractivity contribution >= 4 is 0 Å². The Morgan fingerprint density at radius 3 is 1.38 bits per heavy atom. The van der Waals surface area contributed by atoms with Crippen molar-refractivity contribution in [1.82, 2.24) is 0 Å². The third-order valence-electron chi connectivity index (χ3n) is 1.03. The van der Waals surface area contributed by atoms with E-state index in [2.05, 4.69) is 13.2 Å². The van der Waals surface area contributed by atoms with Crippen LogP contribution in [0.1, 0.15) is 19.8 Å². The summed E-state index contributed by atoms with van der Waals surface area (Å²) in [6.45, 7) is 7.99. The molecule has 0 radical (unpaired) electrons. The first kappa shape index (κ1) is 14.0. The molecule has 0 N–H and O–H groups in total. The average Bonchev–Trinajstić information content (AvgIpc) is 2.25. The number of nitrogens with zero attached hydrogens (tertiary/aromatic N) is 1. The van der Waals surface area contributed by atoms with Crippen LogP contribution < -0.4 is 0 Å². The van der Waals surface area contributed by atoms with Gasteiger partial charge in [-0.15, -0.1) is 13.2 Å². The third-order valence-corrected chi connectivity index (χ3v) is 1.03. The van der Waals surface area contributed by atoms with Gasteiger partial charge in [-0.3, -0.25) is 0 Å². The topological polar surface area (TPSA) is 23.8 Å². The van der Waals surface area contributed by atoms with Gasteiger partial charge in [0.25, 0.3) is 0 Å². The molecule has 0 aliphatic heterocycles. The van der Waals surface area contributed by atoms with Crippen molar-refractivity contribution in [3.63, 3.8) is 0 Å². The molecule has 0 fully saturated rings. The Kier molecular flexibility index (Phi) is 18.1. The molecule has 0 atom stereocenters. The molecule has 0 bridgehead atoms. The minimum absolute atomic E-state index is 0.694. The summed E-state index contributed by atoms with van der Waals surface area (Å²) in [5.41, 5.74) is 0. The highest BCUT2D eigenvalue weighted by atomic mass is 14.2. The second kappa shape index (κ2) is 16.8. The molecule has 1 heteroatoms. The van der Waals surface area contributed by atoms with E-state index in [1.807, 2.05) is 49.4 Å². The summed E-state index contributed by atoms with van der Waals surface area (Å²) in [6, 6.07) is 14.0. The highest BCUT2D eigenvalue weighted by Gasteiger charge is 1.65.